The van der Waals surface area contributed by atoms with Crippen molar-refractivity contribution in [1.82, 2.24) is 19.5 Å². The monoisotopic (exact) mass is 440 g/mol. The number of ketones is 1. The summed E-state index contributed by atoms with van der Waals surface area (Å²) in [5, 5.41) is 0.720. The van der Waals surface area contributed by atoms with Crippen molar-refractivity contribution in [2.75, 3.05) is 18.1 Å². The molecule has 3 aromatic rings. The number of anilines is 2. The van der Waals surface area contributed by atoms with Gasteiger partial charge in [-0.15, -0.1) is 0 Å². The molecule has 0 bridgehead atoms. The summed E-state index contributed by atoms with van der Waals surface area (Å²) in [7, 11) is -1.96. The van der Waals surface area contributed by atoms with Gasteiger partial charge in [0.2, 0.25) is 5.95 Å². The molecule has 0 radical (unpaired) electrons. The average molecular weight is 441 g/mol. The zero-order valence-electron chi connectivity index (χ0n) is 19.4. The highest BCUT2D eigenvalue weighted by Crippen LogP contribution is 2.38. The number of hydrogen-bond donors (Lipinski definition) is 2. The largest absolute Gasteiger partial charge is 0.414 e. The van der Waals surface area contributed by atoms with E-state index in [-0.39, 0.29) is 16.8 Å². The fraction of sp³-hybridized carbons (Fsp3) is 0.455. The molecule has 0 unspecified atom stereocenters. The van der Waals surface area contributed by atoms with Gasteiger partial charge in [0.1, 0.15) is 5.65 Å². The quantitative estimate of drug-likeness (QED) is 0.439. The number of nitrogens with zero attached hydrogens (tertiary/aromatic N) is 4. The zero-order chi connectivity index (χ0) is 23.2. The van der Waals surface area contributed by atoms with E-state index < -0.39 is 13.9 Å². The second-order valence-electron chi connectivity index (χ2n) is 10.1. The zero-order valence-corrected chi connectivity index (χ0v) is 20.4. The molecule has 0 amide bonds. The predicted octanol–water partition coefficient (Wildman–Crippen LogP) is 3.98. The summed E-state index contributed by atoms with van der Waals surface area (Å²) in [6.07, 6.45) is 6.40. The SMILES string of the molecule is CC(C)(CO[Si](C)(C)C(C)(C)C)n1cc(C(=O)c2cncc(N)c2)c2cnc(N)nc21. The second kappa shape index (κ2) is 7.72. The highest BCUT2D eigenvalue weighted by molar-refractivity contribution is 6.74. The van der Waals surface area contributed by atoms with Crippen LogP contribution < -0.4 is 11.5 Å². The lowest BCUT2D eigenvalue weighted by atomic mass is 10.1. The molecule has 0 aromatic carbocycles. The number of aromatic nitrogens is 4. The van der Waals surface area contributed by atoms with E-state index >= 15 is 0 Å². The summed E-state index contributed by atoms with van der Waals surface area (Å²) >= 11 is 0. The van der Waals surface area contributed by atoms with Crippen LogP contribution >= 0.6 is 0 Å². The van der Waals surface area contributed by atoms with Gasteiger partial charge in [0, 0.05) is 35.7 Å². The van der Waals surface area contributed by atoms with E-state index in [0.29, 0.717) is 34.5 Å². The summed E-state index contributed by atoms with van der Waals surface area (Å²) in [5.41, 5.74) is 13.1. The first-order valence-electron chi connectivity index (χ1n) is 10.3. The number of rotatable bonds is 6. The van der Waals surface area contributed by atoms with Crippen molar-refractivity contribution in [3.63, 3.8) is 0 Å². The molecule has 166 valence electrons. The average Bonchev–Trinajstić information content (AvgIpc) is 3.04. The Bertz CT molecular complexity index is 1130. The molecule has 0 spiro atoms. The number of fused-ring (bicyclic) bond motifs is 1. The molecule has 3 aromatic heterocycles. The first-order valence-corrected chi connectivity index (χ1v) is 13.2. The van der Waals surface area contributed by atoms with Crippen molar-refractivity contribution in [3.05, 3.63) is 42.0 Å². The molecule has 0 aliphatic heterocycles. The molecule has 4 N–H and O–H groups in total. The minimum atomic E-state index is -1.96. The van der Waals surface area contributed by atoms with E-state index in [1.165, 1.54) is 12.4 Å². The van der Waals surface area contributed by atoms with Crippen LogP contribution in [-0.4, -0.2) is 40.2 Å². The van der Waals surface area contributed by atoms with Crippen LogP contribution in [0.15, 0.2) is 30.9 Å². The van der Waals surface area contributed by atoms with Crippen molar-refractivity contribution < 1.29 is 9.22 Å². The van der Waals surface area contributed by atoms with E-state index in [1.807, 2.05) is 4.57 Å². The smallest absolute Gasteiger partial charge is 0.221 e. The molecule has 0 saturated carbocycles. The highest BCUT2D eigenvalue weighted by atomic mass is 28.4. The summed E-state index contributed by atoms with van der Waals surface area (Å²) in [5.74, 6) is -0.0457. The Morgan fingerprint density at radius 2 is 1.81 bits per heavy atom. The van der Waals surface area contributed by atoms with Crippen molar-refractivity contribution >= 4 is 36.8 Å². The third-order valence-electron chi connectivity index (χ3n) is 6.07. The Morgan fingerprint density at radius 1 is 1.13 bits per heavy atom. The van der Waals surface area contributed by atoms with Gasteiger partial charge in [-0.05, 0) is 38.0 Å². The molecular weight excluding hydrogens is 408 g/mol. The van der Waals surface area contributed by atoms with Crippen LogP contribution in [0.25, 0.3) is 11.0 Å². The first kappa shape index (κ1) is 22.9. The number of carbonyl (C=O) groups is 1. The minimum absolute atomic E-state index is 0.0931. The van der Waals surface area contributed by atoms with Gasteiger partial charge in [-0.3, -0.25) is 9.78 Å². The standard InChI is InChI=1S/C22H32N6O2Si/c1-21(2,3)31(6,7)30-13-22(4,5)28-12-17(16-11-26-20(24)27-19(16)28)18(29)14-8-15(23)10-25-9-14/h8-12H,13,23H2,1-7H3,(H2,24,26,27). The van der Waals surface area contributed by atoms with Crippen LogP contribution in [0.4, 0.5) is 11.6 Å². The Labute approximate surface area is 184 Å². The summed E-state index contributed by atoms with van der Waals surface area (Å²) in [6, 6.07) is 1.61. The lowest BCUT2D eigenvalue weighted by molar-refractivity contribution is 0.103. The van der Waals surface area contributed by atoms with E-state index in [4.69, 9.17) is 15.9 Å². The molecule has 31 heavy (non-hydrogen) atoms. The van der Waals surface area contributed by atoms with Gasteiger partial charge >= 0.3 is 0 Å². The predicted molar refractivity (Wildman–Crippen MR) is 126 cm³/mol. The number of nitrogen functional groups attached to an aromatic ring is 2. The number of carbonyl (C=O) groups excluding carboxylic acids is 1. The highest BCUT2D eigenvalue weighted by Gasteiger charge is 2.39. The number of pyridine rings is 1. The third-order valence-corrected chi connectivity index (χ3v) is 10.6. The molecule has 0 saturated heterocycles. The molecule has 0 aliphatic carbocycles. The van der Waals surface area contributed by atoms with Crippen LogP contribution in [0.1, 0.15) is 50.5 Å². The maximum absolute atomic E-state index is 13.3. The molecular formula is C22H32N6O2Si. The van der Waals surface area contributed by atoms with Crippen molar-refractivity contribution in [2.24, 2.45) is 0 Å². The van der Waals surface area contributed by atoms with Crippen molar-refractivity contribution in [1.29, 1.82) is 0 Å². The van der Waals surface area contributed by atoms with Gasteiger partial charge in [-0.1, -0.05) is 20.8 Å². The lowest BCUT2D eigenvalue weighted by Gasteiger charge is -2.39. The van der Waals surface area contributed by atoms with E-state index in [0.717, 1.165) is 0 Å². The van der Waals surface area contributed by atoms with E-state index in [1.54, 1.807) is 18.5 Å². The van der Waals surface area contributed by atoms with Crippen LogP contribution in [-0.2, 0) is 9.96 Å². The van der Waals surface area contributed by atoms with Gasteiger partial charge in [-0.2, -0.15) is 4.98 Å². The van der Waals surface area contributed by atoms with Crippen LogP contribution in [0.5, 0.6) is 0 Å². The topological polar surface area (TPSA) is 122 Å². The van der Waals surface area contributed by atoms with E-state index in [9.17, 15) is 4.79 Å². The Hall–Kier alpha value is -2.78. The lowest BCUT2D eigenvalue weighted by Crippen LogP contribution is -2.45. The summed E-state index contributed by atoms with van der Waals surface area (Å²) in [4.78, 5) is 25.9. The van der Waals surface area contributed by atoms with Gasteiger partial charge in [-0.25, -0.2) is 4.98 Å². The van der Waals surface area contributed by atoms with Gasteiger partial charge in [0.05, 0.1) is 23.4 Å². The van der Waals surface area contributed by atoms with Gasteiger partial charge in [0.15, 0.2) is 14.1 Å². The maximum atomic E-state index is 13.3. The molecule has 3 rings (SSSR count). The fourth-order valence-corrected chi connectivity index (χ4v) is 4.19. The molecule has 3 heterocycles. The van der Waals surface area contributed by atoms with Crippen LogP contribution in [0.3, 0.4) is 0 Å². The number of hydrogen-bond acceptors (Lipinski definition) is 7. The second-order valence-corrected chi connectivity index (χ2v) is 14.9. The molecule has 9 heteroatoms. The van der Waals surface area contributed by atoms with Gasteiger partial charge < -0.3 is 20.5 Å². The fourth-order valence-electron chi connectivity index (χ4n) is 3.04. The molecule has 0 atom stereocenters. The summed E-state index contributed by atoms with van der Waals surface area (Å²) in [6.45, 7) is 15.7. The number of nitrogens with two attached hydrogens (primary N) is 2. The maximum Gasteiger partial charge on any atom is 0.221 e. The summed E-state index contributed by atoms with van der Waals surface area (Å²) < 4.78 is 8.45. The Morgan fingerprint density at radius 3 is 2.42 bits per heavy atom. The van der Waals surface area contributed by atoms with Crippen LogP contribution in [0.2, 0.25) is 18.1 Å². The van der Waals surface area contributed by atoms with E-state index in [2.05, 4.69) is 62.7 Å². The normalized spacial score (nSPS) is 13.0. The van der Waals surface area contributed by atoms with Crippen molar-refractivity contribution in [3.8, 4) is 0 Å². The molecule has 8 nitrogen and oxygen atoms in total. The molecule has 0 aliphatic rings. The van der Waals surface area contributed by atoms with Crippen molar-refractivity contribution in [2.45, 2.75) is 58.3 Å². The Balaban J connectivity index is 2.06. The van der Waals surface area contributed by atoms with Gasteiger partial charge in [0.25, 0.3) is 0 Å². The third kappa shape index (κ3) is 4.47. The van der Waals surface area contributed by atoms with Crippen LogP contribution in [0, 0.1) is 0 Å². The Kier molecular flexibility index (Phi) is 5.70. The molecule has 0 fully saturated rings. The first-order chi connectivity index (χ1) is 14.2. The minimum Gasteiger partial charge on any atom is -0.414 e.